The van der Waals surface area contributed by atoms with Crippen molar-refractivity contribution in [2.75, 3.05) is 6.61 Å². The van der Waals surface area contributed by atoms with E-state index < -0.39 is 0 Å². The van der Waals surface area contributed by atoms with Gasteiger partial charge in [-0.15, -0.1) is 11.3 Å². The van der Waals surface area contributed by atoms with E-state index in [0.717, 1.165) is 35.8 Å². The quantitative estimate of drug-likeness (QED) is 0.920. The first-order valence-corrected chi connectivity index (χ1v) is 7.90. The van der Waals surface area contributed by atoms with Gasteiger partial charge in [-0.05, 0) is 31.9 Å². The van der Waals surface area contributed by atoms with Gasteiger partial charge < -0.3 is 14.6 Å². The van der Waals surface area contributed by atoms with Crippen molar-refractivity contribution in [1.29, 1.82) is 0 Å². The second-order valence-electron chi connectivity index (χ2n) is 5.02. The van der Waals surface area contributed by atoms with Gasteiger partial charge in [-0.1, -0.05) is 0 Å². The van der Waals surface area contributed by atoms with Crippen molar-refractivity contribution in [3.05, 3.63) is 39.6 Å². The van der Waals surface area contributed by atoms with Crippen molar-refractivity contribution >= 4 is 11.3 Å². The maximum Gasteiger partial charge on any atom is 0.143 e. The average molecular weight is 306 g/mol. The molecule has 1 saturated heterocycles. The Morgan fingerprint density at radius 1 is 1.43 bits per heavy atom. The van der Waals surface area contributed by atoms with Crippen LogP contribution in [0.15, 0.2) is 17.5 Å². The molecule has 0 aliphatic carbocycles. The van der Waals surface area contributed by atoms with E-state index in [1.165, 1.54) is 0 Å². The van der Waals surface area contributed by atoms with Crippen molar-refractivity contribution in [3.63, 3.8) is 0 Å². The summed E-state index contributed by atoms with van der Waals surface area (Å²) < 4.78 is 11.4. The molecule has 0 aromatic carbocycles. The number of aromatic nitrogens is 2. The molecular weight excluding hydrogens is 288 g/mol. The minimum atomic E-state index is -0.130. The summed E-state index contributed by atoms with van der Waals surface area (Å²) in [4.78, 5) is 8.83. The third-order valence-electron chi connectivity index (χ3n) is 3.37. The summed E-state index contributed by atoms with van der Waals surface area (Å²) in [6.07, 6.45) is 2.30. The minimum absolute atomic E-state index is 0.130. The number of aryl methyl sites for hydroxylation is 1. The highest BCUT2D eigenvalue weighted by molar-refractivity contribution is 7.09. The van der Waals surface area contributed by atoms with E-state index in [1.807, 2.05) is 24.4 Å². The van der Waals surface area contributed by atoms with Gasteiger partial charge in [0.15, 0.2) is 0 Å². The fourth-order valence-corrected chi connectivity index (χ4v) is 3.19. The summed E-state index contributed by atoms with van der Waals surface area (Å²) >= 11 is 1.61. The molecule has 1 atom stereocenters. The maximum atomic E-state index is 9.32. The summed E-state index contributed by atoms with van der Waals surface area (Å²) in [5.74, 6) is 0.606. The number of nitrogens with zero attached hydrogens (tertiary/aromatic N) is 2. The van der Waals surface area contributed by atoms with E-state index in [0.29, 0.717) is 18.1 Å². The number of aliphatic hydroxyl groups excluding tert-OH is 1. The van der Waals surface area contributed by atoms with Crippen LogP contribution in [0.1, 0.15) is 41.0 Å². The molecule has 0 unspecified atom stereocenters. The smallest absolute Gasteiger partial charge is 0.143 e. The molecule has 0 bridgehead atoms. The summed E-state index contributed by atoms with van der Waals surface area (Å²) in [6.45, 7) is 2.96. The number of thiazole rings is 1. The second kappa shape index (κ2) is 6.51. The van der Waals surface area contributed by atoms with E-state index in [4.69, 9.17) is 9.47 Å². The molecular formula is C15H18N2O3S. The molecule has 0 saturated carbocycles. The topological polar surface area (TPSA) is 64.5 Å². The number of aliphatic hydroxyl groups is 1. The zero-order valence-electron chi connectivity index (χ0n) is 11.9. The van der Waals surface area contributed by atoms with Crippen molar-refractivity contribution in [3.8, 4) is 5.75 Å². The molecule has 0 spiro atoms. The monoisotopic (exact) mass is 306 g/mol. The summed E-state index contributed by atoms with van der Waals surface area (Å²) in [7, 11) is 0. The van der Waals surface area contributed by atoms with Crippen LogP contribution in [0.3, 0.4) is 0 Å². The largest absolute Gasteiger partial charge is 0.485 e. The van der Waals surface area contributed by atoms with Crippen LogP contribution >= 0.6 is 11.3 Å². The van der Waals surface area contributed by atoms with Crippen LogP contribution in [0.5, 0.6) is 5.75 Å². The molecule has 5 nitrogen and oxygen atoms in total. The number of rotatable bonds is 5. The Hall–Kier alpha value is -1.50. The van der Waals surface area contributed by atoms with E-state index >= 15 is 0 Å². The van der Waals surface area contributed by atoms with Crippen LogP contribution in [0.25, 0.3) is 0 Å². The molecule has 112 valence electrons. The molecule has 2 aromatic rings. The second-order valence-corrected chi connectivity index (χ2v) is 5.91. The van der Waals surface area contributed by atoms with Crippen LogP contribution in [0.2, 0.25) is 0 Å². The SMILES string of the molecule is Cc1ccc(OCc2csc([C@@H]3CCCO3)n2)c(CO)n1. The lowest BCUT2D eigenvalue weighted by molar-refractivity contribution is 0.111. The Balaban J connectivity index is 1.65. The Kier molecular flexibility index (Phi) is 4.48. The first kappa shape index (κ1) is 14.4. The molecule has 0 radical (unpaired) electrons. The lowest BCUT2D eigenvalue weighted by atomic mass is 10.2. The van der Waals surface area contributed by atoms with Crippen molar-refractivity contribution < 1.29 is 14.6 Å². The summed E-state index contributed by atoms with van der Waals surface area (Å²) in [6, 6.07) is 3.70. The normalized spacial score (nSPS) is 18.1. The third kappa shape index (κ3) is 3.40. The lowest BCUT2D eigenvalue weighted by Gasteiger charge is -2.09. The van der Waals surface area contributed by atoms with Crippen LogP contribution in [0, 0.1) is 6.92 Å². The van der Waals surface area contributed by atoms with Gasteiger partial charge in [0.25, 0.3) is 0 Å². The van der Waals surface area contributed by atoms with Crippen molar-refractivity contribution in [1.82, 2.24) is 9.97 Å². The van der Waals surface area contributed by atoms with Gasteiger partial charge in [0, 0.05) is 17.7 Å². The number of ether oxygens (including phenoxy) is 2. The molecule has 3 heterocycles. The fraction of sp³-hybridized carbons (Fsp3) is 0.467. The Labute approximate surface area is 127 Å². The van der Waals surface area contributed by atoms with Crippen LogP contribution in [0.4, 0.5) is 0 Å². The van der Waals surface area contributed by atoms with Crippen molar-refractivity contribution in [2.24, 2.45) is 0 Å². The number of hydrogen-bond acceptors (Lipinski definition) is 6. The molecule has 21 heavy (non-hydrogen) atoms. The molecule has 1 aliphatic heterocycles. The van der Waals surface area contributed by atoms with Crippen molar-refractivity contribution in [2.45, 2.75) is 39.1 Å². The summed E-state index contributed by atoms with van der Waals surface area (Å²) in [5, 5.41) is 12.3. The average Bonchev–Trinajstić information content (AvgIpc) is 3.16. The van der Waals surface area contributed by atoms with Gasteiger partial charge in [-0.3, -0.25) is 4.98 Å². The highest BCUT2D eigenvalue weighted by Gasteiger charge is 2.21. The third-order valence-corrected chi connectivity index (χ3v) is 4.36. The number of hydrogen-bond donors (Lipinski definition) is 1. The molecule has 0 amide bonds. The Bertz CT molecular complexity index is 609. The number of pyridine rings is 1. The minimum Gasteiger partial charge on any atom is -0.485 e. The van der Waals surface area contributed by atoms with Crippen LogP contribution in [-0.2, 0) is 18.0 Å². The lowest BCUT2D eigenvalue weighted by Crippen LogP contribution is -2.02. The molecule has 1 N–H and O–H groups in total. The first-order valence-electron chi connectivity index (χ1n) is 7.02. The first-order chi connectivity index (χ1) is 10.3. The molecule has 6 heteroatoms. The standard InChI is InChI=1S/C15H18N2O3S/c1-10-4-5-13(12(7-18)16-10)20-8-11-9-21-15(17-11)14-3-2-6-19-14/h4-5,9,14,18H,2-3,6-8H2,1H3/t14-/m0/s1. The van der Waals surface area contributed by atoms with E-state index in [1.54, 1.807) is 11.3 Å². The zero-order valence-corrected chi connectivity index (χ0v) is 12.7. The highest BCUT2D eigenvalue weighted by Crippen LogP contribution is 2.30. The van der Waals surface area contributed by atoms with E-state index in [2.05, 4.69) is 9.97 Å². The predicted octanol–water partition coefficient (Wildman–Crippen LogP) is 2.77. The predicted molar refractivity (Wildman–Crippen MR) is 79.3 cm³/mol. The van der Waals surface area contributed by atoms with Gasteiger partial charge in [0.2, 0.25) is 0 Å². The summed E-state index contributed by atoms with van der Waals surface area (Å²) in [5.41, 5.74) is 2.31. The van der Waals surface area contributed by atoms with Crippen LogP contribution < -0.4 is 4.74 Å². The van der Waals surface area contributed by atoms with E-state index in [-0.39, 0.29) is 12.7 Å². The zero-order chi connectivity index (χ0) is 14.7. The molecule has 1 fully saturated rings. The van der Waals surface area contributed by atoms with Gasteiger partial charge in [0.1, 0.15) is 29.2 Å². The van der Waals surface area contributed by atoms with Gasteiger partial charge in [-0.25, -0.2) is 4.98 Å². The van der Waals surface area contributed by atoms with E-state index in [9.17, 15) is 5.11 Å². The Morgan fingerprint density at radius 2 is 2.33 bits per heavy atom. The van der Waals surface area contributed by atoms with Gasteiger partial charge in [-0.2, -0.15) is 0 Å². The fourth-order valence-electron chi connectivity index (χ4n) is 2.30. The van der Waals surface area contributed by atoms with Crippen LogP contribution in [-0.4, -0.2) is 21.7 Å². The molecule has 1 aliphatic rings. The van der Waals surface area contributed by atoms with Gasteiger partial charge >= 0.3 is 0 Å². The Morgan fingerprint density at radius 3 is 3.10 bits per heavy atom. The maximum absolute atomic E-state index is 9.32. The molecule has 2 aromatic heterocycles. The highest BCUT2D eigenvalue weighted by atomic mass is 32.1. The molecule has 3 rings (SSSR count). The van der Waals surface area contributed by atoms with Gasteiger partial charge in [0.05, 0.1) is 12.3 Å².